The molecule has 4 rings (SSSR count). The lowest BCUT2D eigenvalue weighted by molar-refractivity contribution is 0.110. The predicted octanol–water partition coefficient (Wildman–Crippen LogP) is 6.17. The highest BCUT2D eigenvalue weighted by Gasteiger charge is 2.11. The van der Waals surface area contributed by atoms with Crippen molar-refractivity contribution in [3.8, 4) is 33.2 Å². The maximum atomic E-state index is 10.8. The van der Waals surface area contributed by atoms with Gasteiger partial charge in [-0.15, -0.1) is 11.3 Å². The molecule has 0 saturated heterocycles. The molecule has 0 saturated carbocycles. The third-order valence-corrected chi connectivity index (χ3v) is 5.20. The molecule has 0 aliphatic heterocycles. The summed E-state index contributed by atoms with van der Waals surface area (Å²) in [6, 6.07) is 17.9. The van der Waals surface area contributed by atoms with Crippen LogP contribution in [0.25, 0.3) is 33.2 Å². The molecule has 0 aliphatic rings. The molecule has 128 valence electrons. The first-order chi connectivity index (χ1) is 12.6. The molecule has 0 atom stereocenters. The number of hydrogen-bond donors (Lipinski definition) is 0. The number of aldehydes is 1. The van der Waals surface area contributed by atoms with E-state index in [9.17, 15) is 4.79 Å². The molecule has 2 aromatic heterocycles. The molecule has 26 heavy (non-hydrogen) atoms. The lowest BCUT2D eigenvalue weighted by Crippen LogP contribution is -1.85. The highest BCUT2D eigenvalue weighted by atomic mass is 32.1. The van der Waals surface area contributed by atoms with Gasteiger partial charge in [-0.25, -0.2) is 4.98 Å². The van der Waals surface area contributed by atoms with E-state index in [-0.39, 0.29) is 0 Å². The summed E-state index contributed by atoms with van der Waals surface area (Å²) in [6.45, 7) is 4.20. The van der Waals surface area contributed by atoms with Crippen LogP contribution in [-0.4, -0.2) is 11.3 Å². The Morgan fingerprint density at radius 1 is 1.00 bits per heavy atom. The van der Waals surface area contributed by atoms with Crippen molar-refractivity contribution in [2.75, 3.05) is 0 Å². The van der Waals surface area contributed by atoms with E-state index in [0.29, 0.717) is 17.8 Å². The minimum Gasteiger partial charge on any atom is -0.453 e. The summed E-state index contributed by atoms with van der Waals surface area (Å²) >= 11 is 1.63. The van der Waals surface area contributed by atoms with Crippen LogP contribution in [0.1, 0.15) is 21.7 Å². The van der Waals surface area contributed by atoms with E-state index in [1.807, 2.05) is 30.3 Å². The van der Waals surface area contributed by atoms with E-state index in [1.165, 1.54) is 16.7 Å². The van der Waals surface area contributed by atoms with Crippen LogP contribution >= 0.6 is 11.3 Å². The first kappa shape index (κ1) is 16.5. The number of aryl methyl sites for hydroxylation is 2. The standard InChI is InChI=1S/C22H17NO2S/c1-14-6-7-15(2)19(10-14)20-13-26-22(23-20)17-5-3-4-16(11-17)21-9-8-18(12-24)25-21/h3-13H,1-2H3. The van der Waals surface area contributed by atoms with Crippen molar-refractivity contribution < 1.29 is 9.21 Å². The average molecular weight is 359 g/mol. The number of thiazole rings is 1. The van der Waals surface area contributed by atoms with Crippen molar-refractivity contribution >= 4 is 17.6 Å². The summed E-state index contributed by atoms with van der Waals surface area (Å²) in [4.78, 5) is 15.7. The number of aromatic nitrogens is 1. The summed E-state index contributed by atoms with van der Waals surface area (Å²) in [7, 11) is 0. The van der Waals surface area contributed by atoms with Crippen molar-refractivity contribution in [3.05, 3.63) is 76.9 Å². The van der Waals surface area contributed by atoms with Crippen LogP contribution in [-0.2, 0) is 0 Å². The zero-order valence-electron chi connectivity index (χ0n) is 14.5. The molecule has 0 fully saturated rings. The summed E-state index contributed by atoms with van der Waals surface area (Å²) < 4.78 is 5.53. The second-order valence-electron chi connectivity index (χ2n) is 6.26. The van der Waals surface area contributed by atoms with E-state index >= 15 is 0 Å². The fourth-order valence-corrected chi connectivity index (χ4v) is 3.74. The zero-order chi connectivity index (χ0) is 18.1. The maximum Gasteiger partial charge on any atom is 0.185 e. The lowest BCUT2D eigenvalue weighted by atomic mass is 10.0. The summed E-state index contributed by atoms with van der Waals surface area (Å²) in [5, 5.41) is 3.06. The van der Waals surface area contributed by atoms with Gasteiger partial charge in [-0.05, 0) is 43.7 Å². The number of furan rings is 1. The third kappa shape index (κ3) is 3.11. The Balaban J connectivity index is 1.71. The van der Waals surface area contributed by atoms with Gasteiger partial charge in [0.1, 0.15) is 10.8 Å². The molecule has 0 bridgehead atoms. The van der Waals surface area contributed by atoms with Crippen molar-refractivity contribution in [1.29, 1.82) is 0 Å². The van der Waals surface area contributed by atoms with E-state index in [0.717, 1.165) is 21.8 Å². The molecule has 4 heteroatoms. The van der Waals surface area contributed by atoms with E-state index in [1.54, 1.807) is 17.4 Å². The van der Waals surface area contributed by atoms with E-state index in [4.69, 9.17) is 9.40 Å². The van der Waals surface area contributed by atoms with Gasteiger partial charge >= 0.3 is 0 Å². The first-order valence-electron chi connectivity index (χ1n) is 8.33. The van der Waals surface area contributed by atoms with E-state index < -0.39 is 0 Å². The number of hydrogen-bond acceptors (Lipinski definition) is 4. The molecule has 0 unspecified atom stereocenters. The van der Waals surface area contributed by atoms with Crippen LogP contribution in [0.2, 0.25) is 0 Å². The van der Waals surface area contributed by atoms with Gasteiger partial charge in [0.05, 0.1) is 5.69 Å². The molecule has 2 heterocycles. The van der Waals surface area contributed by atoms with Crippen molar-refractivity contribution in [1.82, 2.24) is 4.98 Å². The largest absolute Gasteiger partial charge is 0.453 e. The number of rotatable bonds is 4. The summed E-state index contributed by atoms with van der Waals surface area (Å²) in [6.07, 6.45) is 0.713. The predicted molar refractivity (Wildman–Crippen MR) is 106 cm³/mol. The Morgan fingerprint density at radius 3 is 2.65 bits per heavy atom. The van der Waals surface area contributed by atoms with Crippen LogP contribution in [0.15, 0.2) is 64.4 Å². The molecule has 0 amide bonds. The highest BCUT2D eigenvalue weighted by molar-refractivity contribution is 7.13. The Bertz CT molecular complexity index is 1090. The summed E-state index contributed by atoms with van der Waals surface area (Å²) in [5.74, 6) is 1.01. The highest BCUT2D eigenvalue weighted by Crippen LogP contribution is 2.33. The van der Waals surface area contributed by atoms with Gasteiger partial charge in [-0.1, -0.05) is 35.9 Å². The van der Waals surface area contributed by atoms with Gasteiger partial charge in [0.15, 0.2) is 12.0 Å². The Kier molecular flexibility index (Phi) is 4.27. The number of benzene rings is 2. The Hall–Kier alpha value is -2.98. The molecule has 4 aromatic rings. The molecule has 3 nitrogen and oxygen atoms in total. The Morgan fingerprint density at radius 2 is 1.85 bits per heavy atom. The van der Waals surface area contributed by atoms with Crippen LogP contribution in [0.5, 0.6) is 0 Å². The minimum absolute atomic E-state index is 0.330. The second kappa shape index (κ2) is 6.73. The van der Waals surface area contributed by atoms with Gasteiger partial charge in [0.2, 0.25) is 0 Å². The fourth-order valence-electron chi connectivity index (χ4n) is 2.92. The molecule has 2 aromatic carbocycles. The first-order valence-corrected chi connectivity index (χ1v) is 9.21. The number of nitrogens with zero attached hydrogens (tertiary/aromatic N) is 1. The van der Waals surface area contributed by atoms with Crippen molar-refractivity contribution in [2.24, 2.45) is 0 Å². The zero-order valence-corrected chi connectivity index (χ0v) is 15.3. The monoisotopic (exact) mass is 359 g/mol. The second-order valence-corrected chi connectivity index (χ2v) is 7.12. The number of carbonyl (C=O) groups is 1. The normalized spacial score (nSPS) is 10.8. The molecular formula is C22H17NO2S. The van der Waals surface area contributed by atoms with Gasteiger partial charge in [0, 0.05) is 22.1 Å². The quantitative estimate of drug-likeness (QED) is 0.409. The van der Waals surface area contributed by atoms with Crippen LogP contribution in [0.3, 0.4) is 0 Å². The van der Waals surface area contributed by atoms with Gasteiger partial charge in [-0.3, -0.25) is 4.79 Å². The maximum absolute atomic E-state index is 10.8. The minimum atomic E-state index is 0.330. The average Bonchev–Trinajstić information content (AvgIpc) is 3.33. The van der Waals surface area contributed by atoms with Crippen molar-refractivity contribution in [3.63, 3.8) is 0 Å². The van der Waals surface area contributed by atoms with E-state index in [2.05, 4.69) is 37.4 Å². The number of carbonyl (C=O) groups excluding carboxylic acids is 1. The van der Waals surface area contributed by atoms with Gasteiger partial charge < -0.3 is 4.42 Å². The lowest BCUT2D eigenvalue weighted by Gasteiger charge is -2.04. The van der Waals surface area contributed by atoms with Crippen LogP contribution in [0.4, 0.5) is 0 Å². The van der Waals surface area contributed by atoms with Crippen LogP contribution < -0.4 is 0 Å². The molecule has 0 aliphatic carbocycles. The van der Waals surface area contributed by atoms with Crippen molar-refractivity contribution in [2.45, 2.75) is 13.8 Å². The summed E-state index contributed by atoms with van der Waals surface area (Å²) in [5.41, 5.74) is 6.58. The van der Waals surface area contributed by atoms with Crippen LogP contribution in [0, 0.1) is 13.8 Å². The molecule has 0 radical (unpaired) electrons. The Labute approximate surface area is 156 Å². The molecule has 0 spiro atoms. The van der Waals surface area contributed by atoms with Gasteiger partial charge in [0.25, 0.3) is 0 Å². The third-order valence-electron chi connectivity index (χ3n) is 4.31. The fraction of sp³-hybridized carbons (Fsp3) is 0.0909. The molecular weight excluding hydrogens is 342 g/mol. The topological polar surface area (TPSA) is 43.1 Å². The SMILES string of the molecule is Cc1ccc(C)c(-c2csc(-c3cccc(-c4ccc(C=O)o4)c3)n2)c1. The van der Waals surface area contributed by atoms with Gasteiger partial charge in [-0.2, -0.15) is 0 Å². The smallest absolute Gasteiger partial charge is 0.185 e. The molecule has 0 N–H and O–H groups in total.